The van der Waals surface area contributed by atoms with Crippen LogP contribution in [0.2, 0.25) is 0 Å². The Morgan fingerprint density at radius 2 is 1.87 bits per heavy atom. The normalized spacial score (nSPS) is 10.8. The van der Waals surface area contributed by atoms with Crippen LogP contribution in [0, 0.1) is 0 Å². The molecule has 0 aliphatic heterocycles. The molecule has 2 heterocycles. The van der Waals surface area contributed by atoms with Gasteiger partial charge in [0.15, 0.2) is 4.96 Å². The summed E-state index contributed by atoms with van der Waals surface area (Å²) in [6.07, 6.45) is 2.09. The van der Waals surface area contributed by atoms with Crippen LogP contribution in [0.3, 0.4) is 0 Å². The number of rotatable bonds is 5. The van der Waals surface area contributed by atoms with E-state index in [0.29, 0.717) is 0 Å². The smallest absolute Gasteiger partial charge is 0.194 e. The van der Waals surface area contributed by atoms with Gasteiger partial charge in [0.1, 0.15) is 0 Å². The first-order valence-electron chi connectivity index (χ1n) is 8.25. The van der Waals surface area contributed by atoms with E-state index in [0.717, 1.165) is 41.5 Å². The largest absolute Gasteiger partial charge is 0.398 e. The standard InChI is InChI=1S/C16H20N4S.C2H6/c1-3-19(4-2)9-12-11-21-16-18-15(10-20(12)16)13-7-5-6-8-14(13)17;1-2/h5-8,10-11H,3-4,9,17H2,1-2H3;1-2H3. The van der Waals surface area contributed by atoms with Gasteiger partial charge in [0.25, 0.3) is 0 Å². The van der Waals surface area contributed by atoms with Gasteiger partial charge in [0.2, 0.25) is 0 Å². The molecule has 2 aromatic heterocycles. The molecule has 3 aromatic rings. The van der Waals surface area contributed by atoms with E-state index in [1.165, 1.54) is 5.69 Å². The maximum atomic E-state index is 6.05. The molecule has 0 aliphatic carbocycles. The van der Waals surface area contributed by atoms with Crippen molar-refractivity contribution in [2.24, 2.45) is 0 Å². The van der Waals surface area contributed by atoms with E-state index in [1.54, 1.807) is 11.3 Å². The van der Waals surface area contributed by atoms with Crippen LogP contribution in [0.15, 0.2) is 35.8 Å². The molecule has 0 amide bonds. The van der Waals surface area contributed by atoms with Gasteiger partial charge in [-0.3, -0.25) is 9.30 Å². The Kier molecular flexibility index (Phi) is 6.19. The number of hydrogen-bond donors (Lipinski definition) is 1. The maximum absolute atomic E-state index is 6.05. The lowest BCUT2D eigenvalue weighted by atomic mass is 10.1. The van der Waals surface area contributed by atoms with Crippen molar-refractivity contribution in [3.63, 3.8) is 0 Å². The van der Waals surface area contributed by atoms with Crippen molar-refractivity contribution in [2.75, 3.05) is 18.8 Å². The summed E-state index contributed by atoms with van der Waals surface area (Å²) in [5.74, 6) is 0. The van der Waals surface area contributed by atoms with Crippen molar-refractivity contribution in [2.45, 2.75) is 34.2 Å². The number of hydrogen-bond acceptors (Lipinski definition) is 4. The highest BCUT2D eigenvalue weighted by molar-refractivity contribution is 7.15. The fourth-order valence-corrected chi connectivity index (χ4v) is 3.34. The van der Waals surface area contributed by atoms with Gasteiger partial charge in [0.05, 0.1) is 5.69 Å². The minimum absolute atomic E-state index is 0.772. The lowest BCUT2D eigenvalue weighted by Gasteiger charge is -2.16. The molecule has 4 nitrogen and oxygen atoms in total. The molecule has 0 radical (unpaired) electrons. The fourth-order valence-electron chi connectivity index (χ4n) is 2.48. The third-order valence-electron chi connectivity index (χ3n) is 3.80. The molecule has 5 heteroatoms. The molecule has 0 unspecified atom stereocenters. The van der Waals surface area contributed by atoms with Gasteiger partial charge < -0.3 is 5.73 Å². The molecular weight excluding hydrogens is 304 g/mol. The molecule has 0 atom stereocenters. The Balaban J connectivity index is 0.000000924. The molecule has 2 N–H and O–H groups in total. The lowest BCUT2D eigenvalue weighted by Crippen LogP contribution is -2.22. The van der Waals surface area contributed by atoms with E-state index in [-0.39, 0.29) is 0 Å². The van der Waals surface area contributed by atoms with Gasteiger partial charge >= 0.3 is 0 Å². The van der Waals surface area contributed by atoms with Crippen LogP contribution in [0.5, 0.6) is 0 Å². The molecule has 3 rings (SSSR count). The van der Waals surface area contributed by atoms with Gasteiger partial charge in [0, 0.05) is 35.1 Å². The average molecular weight is 331 g/mol. The van der Waals surface area contributed by atoms with E-state index in [1.807, 2.05) is 38.1 Å². The van der Waals surface area contributed by atoms with Crippen LogP contribution in [-0.4, -0.2) is 27.4 Å². The van der Waals surface area contributed by atoms with Crippen molar-refractivity contribution in [1.29, 1.82) is 0 Å². The number of imidazole rings is 1. The second kappa shape index (κ2) is 8.13. The van der Waals surface area contributed by atoms with E-state index in [2.05, 4.69) is 34.7 Å². The molecule has 1 aromatic carbocycles. The first-order chi connectivity index (χ1) is 11.2. The predicted octanol–water partition coefficient (Wildman–Crippen LogP) is 4.51. The monoisotopic (exact) mass is 330 g/mol. The van der Waals surface area contributed by atoms with Crippen molar-refractivity contribution in [1.82, 2.24) is 14.3 Å². The second-order valence-electron chi connectivity index (χ2n) is 5.05. The number of anilines is 1. The highest BCUT2D eigenvalue weighted by atomic mass is 32.1. The number of nitrogen functional groups attached to an aromatic ring is 1. The van der Waals surface area contributed by atoms with Gasteiger partial charge in [-0.2, -0.15) is 0 Å². The Labute approximate surface area is 142 Å². The van der Waals surface area contributed by atoms with Crippen molar-refractivity contribution in [3.8, 4) is 11.3 Å². The molecule has 0 fully saturated rings. The summed E-state index contributed by atoms with van der Waals surface area (Å²) in [5, 5.41) is 2.19. The molecule has 0 saturated heterocycles. The zero-order valence-corrected chi connectivity index (χ0v) is 15.2. The number of thiazole rings is 1. The molecular formula is C18H26N4S. The molecule has 0 aliphatic rings. The highest BCUT2D eigenvalue weighted by Gasteiger charge is 2.12. The molecule has 23 heavy (non-hydrogen) atoms. The minimum Gasteiger partial charge on any atom is -0.398 e. The number of nitrogens with two attached hydrogens (primary N) is 1. The van der Waals surface area contributed by atoms with Gasteiger partial charge in [-0.15, -0.1) is 11.3 Å². The Morgan fingerprint density at radius 3 is 2.52 bits per heavy atom. The van der Waals surface area contributed by atoms with E-state index < -0.39 is 0 Å². The number of benzene rings is 1. The third kappa shape index (κ3) is 3.74. The number of fused-ring (bicyclic) bond motifs is 1. The summed E-state index contributed by atoms with van der Waals surface area (Å²) < 4.78 is 2.19. The molecule has 0 saturated carbocycles. The summed E-state index contributed by atoms with van der Waals surface area (Å²) in [6.45, 7) is 11.4. The van der Waals surface area contributed by atoms with Gasteiger partial charge in [-0.05, 0) is 19.2 Å². The number of aromatic nitrogens is 2. The Bertz CT molecular complexity index is 740. The zero-order chi connectivity index (χ0) is 16.8. The molecule has 124 valence electrons. The van der Waals surface area contributed by atoms with Crippen molar-refractivity contribution in [3.05, 3.63) is 41.5 Å². The first-order valence-corrected chi connectivity index (χ1v) is 9.13. The zero-order valence-electron chi connectivity index (χ0n) is 14.4. The summed E-state index contributed by atoms with van der Waals surface area (Å²) in [7, 11) is 0. The van der Waals surface area contributed by atoms with Gasteiger partial charge in [-0.25, -0.2) is 4.98 Å². The molecule has 0 bridgehead atoms. The minimum atomic E-state index is 0.772. The van der Waals surface area contributed by atoms with Crippen LogP contribution in [0.25, 0.3) is 16.2 Å². The summed E-state index contributed by atoms with van der Waals surface area (Å²) in [5.41, 5.74) is 10.1. The van der Waals surface area contributed by atoms with E-state index in [4.69, 9.17) is 10.7 Å². The van der Waals surface area contributed by atoms with E-state index >= 15 is 0 Å². The van der Waals surface area contributed by atoms with Gasteiger partial charge in [-0.1, -0.05) is 45.9 Å². The Morgan fingerprint density at radius 1 is 1.17 bits per heavy atom. The number of nitrogens with zero attached hydrogens (tertiary/aromatic N) is 3. The van der Waals surface area contributed by atoms with E-state index in [9.17, 15) is 0 Å². The summed E-state index contributed by atoms with van der Waals surface area (Å²) in [6, 6.07) is 7.88. The third-order valence-corrected chi connectivity index (χ3v) is 4.69. The number of para-hydroxylation sites is 1. The SMILES string of the molecule is CC.CCN(CC)Cc1csc2nc(-c3ccccc3N)cn12. The molecule has 0 spiro atoms. The van der Waals surface area contributed by atoms with Crippen LogP contribution in [0.4, 0.5) is 5.69 Å². The van der Waals surface area contributed by atoms with Crippen LogP contribution in [0.1, 0.15) is 33.4 Å². The topological polar surface area (TPSA) is 46.6 Å². The Hall–Kier alpha value is -1.85. The maximum Gasteiger partial charge on any atom is 0.194 e. The second-order valence-corrected chi connectivity index (χ2v) is 5.89. The first kappa shape index (κ1) is 17.5. The summed E-state index contributed by atoms with van der Waals surface area (Å²) >= 11 is 1.68. The van der Waals surface area contributed by atoms with Crippen LogP contribution in [-0.2, 0) is 6.54 Å². The van der Waals surface area contributed by atoms with Crippen molar-refractivity contribution < 1.29 is 0 Å². The van der Waals surface area contributed by atoms with Crippen LogP contribution >= 0.6 is 11.3 Å². The fraction of sp³-hybridized carbons (Fsp3) is 0.389. The average Bonchev–Trinajstić information content (AvgIpc) is 3.16. The predicted molar refractivity (Wildman–Crippen MR) is 101 cm³/mol. The van der Waals surface area contributed by atoms with Crippen LogP contribution < -0.4 is 5.73 Å². The highest BCUT2D eigenvalue weighted by Crippen LogP contribution is 2.27. The summed E-state index contributed by atoms with van der Waals surface area (Å²) in [4.78, 5) is 8.13. The lowest BCUT2D eigenvalue weighted by molar-refractivity contribution is 0.292. The van der Waals surface area contributed by atoms with Crippen molar-refractivity contribution >= 4 is 22.0 Å². The quantitative estimate of drug-likeness (QED) is 0.700.